The molecule has 0 bridgehead atoms. The van der Waals surface area contributed by atoms with Crippen LogP contribution in [0.5, 0.6) is 0 Å². The number of nitriles is 1. The lowest BCUT2D eigenvalue weighted by molar-refractivity contribution is 0.585. The summed E-state index contributed by atoms with van der Waals surface area (Å²) in [5.74, 6) is -1.08. The summed E-state index contributed by atoms with van der Waals surface area (Å²) < 4.78 is 41.9. The maximum atomic E-state index is 15.0. The van der Waals surface area contributed by atoms with Crippen molar-refractivity contribution in [1.29, 1.82) is 5.26 Å². The molecule has 0 fully saturated rings. The molecule has 10 heteroatoms. The van der Waals surface area contributed by atoms with E-state index in [2.05, 4.69) is 20.3 Å². The van der Waals surface area contributed by atoms with E-state index in [-0.39, 0.29) is 28.3 Å². The number of nitrogens with one attached hydrogen (secondary N) is 1. The van der Waals surface area contributed by atoms with E-state index in [0.717, 1.165) is 0 Å². The Morgan fingerprint density at radius 3 is 2.57 bits per heavy atom. The SMILES string of the molecule is CC[P@](C)(=O)c1ccc(-c2nc3c(NCc4cc(C#N)ccc4F)c(Cl)c(C)nc3cc2F)cn1. The second-order valence-corrected chi connectivity index (χ2v) is 11.8. The Morgan fingerprint density at radius 1 is 1.14 bits per heavy atom. The van der Waals surface area contributed by atoms with Gasteiger partial charge in [-0.05, 0) is 43.9 Å². The summed E-state index contributed by atoms with van der Waals surface area (Å²) >= 11 is 6.51. The lowest BCUT2D eigenvalue weighted by Crippen LogP contribution is -2.10. The van der Waals surface area contributed by atoms with Crippen LogP contribution in [0.3, 0.4) is 0 Å². The Balaban J connectivity index is 1.79. The van der Waals surface area contributed by atoms with Crippen LogP contribution in [0.25, 0.3) is 22.3 Å². The zero-order chi connectivity index (χ0) is 25.3. The van der Waals surface area contributed by atoms with E-state index < -0.39 is 18.8 Å². The molecule has 4 rings (SSSR count). The van der Waals surface area contributed by atoms with Gasteiger partial charge in [-0.1, -0.05) is 18.5 Å². The van der Waals surface area contributed by atoms with Crippen LogP contribution in [0.4, 0.5) is 14.5 Å². The van der Waals surface area contributed by atoms with Crippen molar-refractivity contribution in [2.45, 2.75) is 20.4 Å². The first kappa shape index (κ1) is 24.7. The van der Waals surface area contributed by atoms with Gasteiger partial charge in [-0.15, -0.1) is 0 Å². The van der Waals surface area contributed by atoms with Crippen LogP contribution in [0.2, 0.25) is 5.02 Å². The van der Waals surface area contributed by atoms with Gasteiger partial charge in [-0.3, -0.25) is 4.98 Å². The van der Waals surface area contributed by atoms with Crippen molar-refractivity contribution < 1.29 is 13.3 Å². The summed E-state index contributed by atoms with van der Waals surface area (Å²) in [7, 11) is -2.57. The monoisotopic (exact) mass is 511 g/mol. The van der Waals surface area contributed by atoms with Crippen molar-refractivity contribution in [2.24, 2.45) is 0 Å². The average molecular weight is 512 g/mol. The average Bonchev–Trinajstić information content (AvgIpc) is 2.85. The summed E-state index contributed by atoms with van der Waals surface area (Å²) in [5, 5.41) is 12.5. The van der Waals surface area contributed by atoms with E-state index in [9.17, 15) is 8.96 Å². The number of rotatable bonds is 6. The molecule has 0 radical (unpaired) electrons. The second kappa shape index (κ2) is 9.69. The molecule has 0 saturated heterocycles. The number of anilines is 1. The van der Waals surface area contributed by atoms with Crippen LogP contribution in [0.15, 0.2) is 42.6 Å². The molecule has 3 heterocycles. The molecule has 1 aromatic carbocycles. The minimum Gasteiger partial charge on any atom is -0.378 e. The predicted molar refractivity (Wildman–Crippen MR) is 135 cm³/mol. The summed E-state index contributed by atoms with van der Waals surface area (Å²) in [6.45, 7) is 5.19. The molecule has 0 aliphatic carbocycles. The van der Waals surface area contributed by atoms with Gasteiger partial charge in [0.15, 0.2) is 5.82 Å². The van der Waals surface area contributed by atoms with Gasteiger partial charge >= 0.3 is 0 Å². The number of halogens is 3. The highest BCUT2D eigenvalue weighted by Gasteiger charge is 2.20. The molecule has 0 spiro atoms. The van der Waals surface area contributed by atoms with Crippen molar-refractivity contribution in [3.8, 4) is 17.3 Å². The Kier molecular flexibility index (Phi) is 6.84. The first-order chi connectivity index (χ1) is 16.6. The fourth-order valence-corrected chi connectivity index (χ4v) is 4.77. The number of aromatic nitrogens is 3. The van der Waals surface area contributed by atoms with Crippen LogP contribution in [-0.2, 0) is 11.1 Å². The van der Waals surface area contributed by atoms with Crippen molar-refractivity contribution in [3.63, 3.8) is 0 Å². The van der Waals surface area contributed by atoms with Gasteiger partial charge in [0.25, 0.3) is 0 Å². The molecule has 35 heavy (non-hydrogen) atoms. The topological polar surface area (TPSA) is 91.6 Å². The summed E-state index contributed by atoms with van der Waals surface area (Å²) in [5.41, 5.74) is 2.88. The van der Waals surface area contributed by atoms with Crippen LogP contribution in [0, 0.1) is 29.9 Å². The fraction of sp³-hybridized carbons (Fsp3) is 0.200. The molecule has 3 aromatic heterocycles. The smallest absolute Gasteiger partial charge is 0.151 e. The second-order valence-electron chi connectivity index (χ2n) is 8.17. The van der Waals surface area contributed by atoms with Crippen LogP contribution in [0.1, 0.15) is 23.7 Å². The summed E-state index contributed by atoms with van der Waals surface area (Å²) in [6, 6.07) is 10.6. The van der Waals surface area contributed by atoms with Gasteiger partial charge in [-0.2, -0.15) is 5.26 Å². The molecule has 0 saturated carbocycles. The zero-order valence-corrected chi connectivity index (χ0v) is 20.9. The number of nitrogens with zero attached hydrogens (tertiary/aromatic N) is 4. The summed E-state index contributed by atoms with van der Waals surface area (Å²) in [6.07, 6.45) is 1.91. The third-order valence-corrected chi connectivity index (χ3v) is 8.66. The molecule has 4 aromatic rings. The van der Waals surface area contributed by atoms with Crippen molar-refractivity contribution in [3.05, 3.63) is 76.1 Å². The zero-order valence-electron chi connectivity index (χ0n) is 19.2. The maximum Gasteiger partial charge on any atom is 0.151 e. The molecule has 0 unspecified atom stereocenters. The number of fused-ring (bicyclic) bond motifs is 1. The number of hydrogen-bond acceptors (Lipinski definition) is 6. The van der Waals surface area contributed by atoms with Gasteiger partial charge < -0.3 is 9.88 Å². The quantitative estimate of drug-likeness (QED) is 0.317. The first-order valence-electron chi connectivity index (χ1n) is 10.8. The highest BCUT2D eigenvalue weighted by molar-refractivity contribution is 7.70. The molecule has 0 aliphatic rings. The number of benzene rings is 1. The predicted octanol–water partition coefficient (Wildman–Crippen LogP) is 6.05. The minimum atomic E-state index is -2.57. The third-order valence-electron chi connectivity index (χ3n) is 5.76. The van der Waals surface area contributed by atoms with E-state index in [1.165, 1.54) is 30.5 Å². The van der Waals surface area contributed by atoms with Gasteiger partial charge in [0.05, 0.1) is 39.0 Å². The summed E-state index contributed by atoms with van der Waals surface area (Å²) in [4.78, 5) is 13.1. The number of pyridine rings is 3. The standard InChI is InChI=1S/C25H21ClF2N5OP/c1-4-35(3,34)21-8-6-16(12-30-21)23-19(28)10-20-24(33-23)25(22(26)14(2)32-20)31-13-17-9-15(11-29)5-7-18(17)27/h5-10,12H,4,13H2,1-3H3,(H,31,32)/t35-/m0/s1. The van der Waals surface area contributed by atoms with E-state index in [1.807, 2.05) is 13.0 Å². The Bertz CT molecular complexity index is 1540. The largest absolute Gasteiger partial charge is 0.378 e. The first-order valence-corrected chi connectivity index (χ1v) is 13.5. The van der Waals surface area contributed by atoms with Crippen molar-refractivity contribution in [1.82, 2.24) is 15.0 Å². The van der Waals surface area contributed by atoms with Gasteiger partial charge in [0, 0.05) is 36.1 Å². The molecule has 0 aliphatic heterocycles. The minimum absolute atomic E-state index is 0.0209. The Morgan fingerprint density at radius 2 is 1.91 bits per heavy atom. The van der Waals surface area contributed by atoms with Gasteiger partial charge in [-0.25, -0.2) is 18.7 Å². The Labute approximate surface area is 206 Å². The maximum absolute atomic E-state index is 15.0. The lowest BCUT2D eigenvalue weighted by atomic mass is 10.1. The third kappa shape index (κ3) is 4.88. The fourth-order valence-electron chi connectivity index (χ4n) is 3.56. The highest BCUT2D eigenvalue weighted by Crippen LogP contribution is 2.39. The Hall–Kier alpha value is -3.40. The van der Waals surface area contributed by atoms with Crippen LogP contribution < -0.4 is 10.8 Å². The van der Waals surface area contributed by atoms with E-state index >= 15 is 4.39 Å². The van der Waals surface area contributed by atoms with E-state index in [4.69, 9.17) is 16.9 Å². The number of aryl methyl sites for hydroxylation is 1. The van der Waals surface area contributed by atoms with Gasteiger partial charge in [0.1, 0.15) is 24.2 Å². The van der Waals surface area contributed by atoms with E-state index in [0.29, 0.717) is 39.6 Å². The molecule has 1 N–H and O–H groups in total. The van der Waals surface area contributed by atoms with Crippen LogP contribution >= 0.6 is 18.7 Å². The number of hydrogen-bond donors (Lipinski definition) is 1. The molecule has 0 amide bonds. The van der Waals surface area contributed by atoms with Crippen LogP contribution in [-0.4, -0.2) is 27.8 Å². The molecule has 6 nitrogen and oxygen atoms in total. The molecular weight excluding hydrogens is 491 g/mol. The highest BCUT2D eigenvalue weighted by atomic mass is 35.5. The van der Waals surface area contributed by atoms with Crippen molar-refractivity contribution >= 4 is 40.9 Å². The lowest BCUT2D eigenvalue weighted by Gasteiger charge is -2.15. The van der Waals surface area contributed by atoms with E-state index in [1.54, 1.807) is 25.7 Å². The van der Waals surface area contributed by atoms with Crippen molar-refractivity contribution in [2.75, 3.05) is 18.1 Å². The molecular formula is C25H21ClF2N5OP. The molecule has 1 atom stereocenters. The normalized spacial score (nSPS) is 12.8. The van der Waals surface area contributed by atoms with Gasteiger partial charge in [0.2, 0.25) is 0 Å². The molecule has 178 valence electrons.